The summed E-state index contributed by atoms with van der Waals surface area (Å²) in [6.07, 6.45) is 1.51. The van der Waals surface area contributed by atoms with Crippen LogP contribution in [0.3, 0.4) is 0 Å². The van der Waals surface area contributed by atoms with Crippen LogP contribution >= 0.6 is 12.2 Å². The zero-order valence-electron chi connectivity index (χ0n) is 13.6. The average molecular weight is 352 g/mol. The smallest absolute Gasteiger partial charge is 0.272 e. The first-order valence-electron chi connectivity index (χ1n) is 7.79. The van der Waals surface area contributed by atoms with E-state index in [1.54, 1.807) is 19.1 Å². The number of aryl methyl sites for hydroxylation is 1. The molecule has 1 aromatic rings. The van der Waals surface area contributed by atoms with Crippen LogP contribution in [0.25, 0.3) is 0 Å². The minimum atomic E-state index is -0.403. The van der Waals surface area contributed by atoms with Crippen LogP contribution in [0.1, 0.15) is 11.1 Å². The van der Waals surface area contributed by atoms with Crippen molar-refractivity contribution in [1.29, 1.82) is 0 Å². The van der Waals surface area contributed by atoms with Crippen LogP contribution in [0, 0.1) is 17.0 Å². The normalized spacial score (nSPS) is 15.4. The molecule has 0 bridgehead atoms. The van der Waals surface area contributed by atoms with Gasteiger partial charge in [0, 0.05) is 17.2 Å². The van der Waals surface area contributed by atoms with Gasteiger partial charge in [-0.25, -0.2) is 0 Å². The summed E-state index contributed by atoms with van der Waals surface area (Å²) >= 11 is 5.15. The molecule has 1 aliphatic rings. The predicted octanol–water partition coefficient (Wildman–Crippen LogP) is -0.384. The van der Waals surface area contributed by atoms with Gasteiger partial charge in [-0.1, -0.05) is 12.1 Å². The van der Waals surface area contributed by atoms with Gasteiger partial charge in [-0.15, -0.1) is 0 Å². The third-order valence-electron chi connectivity index (χ3n) is 3.77. The molecule has 0 spiro atoms. The van der Waals surface area contributed by atoms with E-state index in [2.05, 4.69) is 15.8 Å². The van der Waals surface area contributed by atoms with Crippen LogP contribution in [0.2, 0.25) is 0 Å². The molecule has 8 nitrogen and oxygen atoms in total. The molecule has 130 valence electrons. The Labute approximate surface area is 146 Å². The molecule has 0 aromatic heterocycles. The maximum absolute atomic E-state index is 10.9. The molecule has 3 N–H and O–H groups in total. The van der Waals surface area contributed by atoms with Gasteiger partial charge < -0.3 is 15.0 Å². The number of nitro groups is 1. The predicted molar refractivity (Wildman–Crippen MR) is 95.5 cm³/mol. The highest BCUT2D eigenvalue weighted by Crippen LogP contribution is 2.18. The Morgan fingerprint density at radius 2 is 2.25 bits per heavy atom. The van der Waals surface area contributed by atoms with Gasteiger partial charge in [0.1, 0.15) is 13.1 Å². The van der Waals surface area contributed by atoms with Gasteiger partial charge >= 0.3 is 0 Å². The van der Waals surface area contributed by atoms with Crippen molar-refractivity contribution in [3.8, 4) is 0 Å². The van der Waals surface area contributed by atoms with E-state index in [1.165, 1.54) is 17.2 Å². The molecule has 0 amide bonds. The number of nitrogens with one attached hydrogen (secondary N) is 3. The molecule has 1 fully saturated rings. The Kier molecular flexibility index (Phi) is 7.04. The van der Waals surface area contributed by atoms with Crippen molar-refractivity contribution in [2.45, 2.75) is 6.92 Å². The van der Waals surface area contributed by atoms with Gasteiger partial charge in [0.05, 0.1) is 37.4 Å². The molecular weight excluding hydrogens is 330 g/mol. The molecule has 1 aliphatic heterocycles. The number of hydrogen-bond donors (Lipinski definition) is 3. The molecular formula is C15H22N5O3S+. The van der Waals surface area contributed by atoms with E-state index in [4.69, 9.17) is 17.0 Å². The van der Waals surface area contributed by atoms with E-state index in [-0.39, 0.29) is 5.69 Å². The molecule has 0 atom stereocenters. The minimum Gasteiger partial charge on any atom is -0.370 e. The number of thiocarbonyl (C=S) groups is 1. The van der Waals surface area contributed by atoms with E-state index < -0.39 is 4.92 Å². The Bertz CT molecular complexity index is 617. The first-order chi connectivity index (χ1) is 11.6. The molecule has 9 heteroatoms. The van der Waals surface area contributed by atoms with Crippen LogP contribution in [0.4, 0.5) is 5.69 Å². The molecule has 1 saturated heterocycles. The lowest BCUT2D eigenvalue weighted by Crippen LogP contribution is -3.14. The van der Waals surface area contributed by atoms with Crippen LogP contribution in [0.5, 0.6) is 0 Å². The van der Waals surface area contributed by atoms with Crippen molar-refractivity contribution in [2.75, 3.05) is 39.4 Å². The van der Waals surface area contributed by atoms with E-state index in [9.17, 15) is 10.1 Å². The Morgan fingerprint density at radius 1 is 1.50 bits per heavy atom. The highest BCUT2D eigenvalue weighted by molar-refractivity contribution is 7.80. The Morgan fingerprint density at radius 3 is 2.96 bits per heavy atom. The number of quaternary nitrogens is 1. The van der Waals surface area contributed by atoms with E-state index in [1.807, 2.05) is 0 Å². The monoisotopic (exact) mass is 352 g/mol. The van der Waals surface area contributed by atoms with E-state index in [0.29, 0.717) is 16.2 Å². The van der Waals surface area contributed by atoms with E-state index >= 15 is 0 Å². The van der Waals surface area contributed by atoms with Crippen molar-refractivity contribution in [2.24, 2.45) is 5.10 Å². The number of rotatable bonds is 6. The summed E-state index contributed by atoms with van der Waals surface area (Å²) in [6, 6.07) is 4.95. The minimum absolute atomic E-state index is 0.0770. The van der Waals surface area contributed by atoms with Crippen molar-refractivity contribution in [3.63, 3.8) is 0 Å². The van der Waals surface area contributed by atoms with Gasteiger partial charge in [-0.05, 0) is 19.1 Å². The van der Waals surface area contributed by atoms with Gasteiger partial charge in [-0.2, -0.15) is 5.10 Å². The zero-order valence-corrected chi connectivity index (χ0v) is 14.4. The Hall–Kier alpha value is -2.10. The number of nitrogens with zero attached hydrogens (tertiary/aromatic N) is 2. The summed E-state index contributed by atoms with van der Waals surface area (Å²) in [4.78, 5) is 12.0. The lowest BCUT2D eigenvalue weighted by atomic mass is 10.1. The van der Waals surface area contributed by atoms with Gasteiger partial charge in [0.25, 0.3) is 5.69 Å². The first kappa shape index (κ1) is 18.2. The fourth-order valence-corrected chi connectivity index (χ4v) is 2.53. The lowest BCUT2D eigenvalue weighted by molar-refractivity contribution is -0.906. The zero-order chi connectivity index (χ0) is 17.4. The maximum Gasteiger partial charge on any atom is 0.272 e. The second-order valence-electron chi connectivity index (χ2n) is 5.54. The molecule has 0 aliphatic carbocycles. The highest BCUT2D eigenvalue weighted by atomic mass is 32.1. The molecule has 0 radical (unpaired) electrons. The highest BCUT2D eigenvalue weighted by Gasteiger charge is 2.13. The number of nitro benzene ring substituents is 1. The summed E-state index contributed by atoms with van der Waals surface area (Å²) in [7, 11) is 0. The quantitative estimate of drug-likeness (QED) is 0.280. The van der Waals surface area contributed by atoms with Gasteiger partial charge in [-0.3, -0.25) is 15.5 Å². The van der Waals surface area contributed by atoms with Crippen LogP contribution in [-0.2, 0) is 4.74 Å². The van der Waals surface area contributed by atoms with Gasteiger partial charge in [0.15, 0.2) is 5.11 Å². The average Bonchev–Trinajstić information content (AvgIpc) is 2.57. The van der Waals surface area contributed by atoms with Crippen molar-refractivity contribution < 1.29 is 14.6 Å². The third-order valence-corrected chi connectivity index (χ3v) is 4.01. The topological polar surface area (TPSA) is 93.2 Å². The summed E-state index contributed by atoms with van der Waals surface area (Å²) in [6.45, 7) is 7.09. The van der Waals surface area contributed by atoms with Gasteiger partial charge in [0.2, 0.25) is 0 Å². The van der Waals surface area contributed by atoms with E-state index in [0.717, 1.165) is 39.4 Å². The molecule has 1 heterocycles. The van der Waals surface area contributed by atoms with Crippen LogP contribution in [-0.4, -0.2) is 55.6 Å². The number of morpholine rings is 1. The largest absolute Gasteiger partial charge is 0.370 e. The Balaban J connectivity index is 1.73. The lowest BCUT2D eigenvalue weighted by Gasteiger charge is -2.23. The SMILES string of the molecule is Cc1ccc(/C=N\NC(=S)NCC[NH+]2CCOCC2)cc1[N+](=O)[O-]. The maximum atomic E-state index is 10.9. The molecule has 0 unspecified atom stereocenters. The molecule has 24 heavy (non-hydrogen) atoms. The third kappa shape index (κ3) is 5.84. The molecule has 0 saturated carbocycles. The summed E-state index contributed by atoms with van der Waals surface area (Å²) in [5.41, 5.74) is 4.05. The van der Waals surface area contributed by atoms with Crippen molar-refractivity contribution in [3.05, 3.63) is 39.4 Å². The summed E-state index contributed by atoms with van der Waals surface area (Å²) in [5, 5.41) is 18.4. The first-order valence-corrected chi connectivity index (χ1v) is 8.20. The fourth-order valence-electron chi connectivity index (χ4n) is 2.37. The number of ether oxygens (including phenoxy) is 1. The van der Waals surface area contributed by atoms with Crippen molar-refractivity contribution >= 4 is 29.2 Å². The second-order valence-corrected chi connectivity index (χ2v) is 5.95. The number of hydrogen-bond acceptors (Lipinski definition) is 5. The van der Waals surface area contributed by atoms with Crippen LogP contribution < -0.4 is 15.6 Å². The fraction of sp³-hybridized carbons (Fsp3) is 0.467. The standard InChI is InChI=1S/C15H21N5O3S/c1-12-2-3-13(10-14(12)20(21)22)11-17-18-15(24)16-4-5-19-6-8-23-9-7-19/h2-3,10-11H,4-9H2,1H3,(H2,16,18,24)/p+1/b17-11-. The summed E-state index contributed by atoms with van der Waals surface area (Å²) in [5.74, 6) is 0. The summed E-state index contributed by atoms with van der Waals surface area (Å²) < 4.78 is 5.31. The van der Waals surface area contributed by atoms with Crippen molar-refractivity contribution in [1.82, 2.24) is 10.7 Å². The van der Waals surface area contributed by atoms with Crippen LogP contribution in [0.15, 0.2) is 23.3 Å². The number of hydrazone groups is 1. The molecule has 1 aromatic carbocycles. The number of benzene rings is 1. The second kappa shape index (κ2) is 9.26. The molecule has 2 rings (SSSR count).